The number of aryl methyl sites for hydroxylation is 1. The molecular weight excluding hydrogens is 350 g/mol. The minimum absolute atomic E-state index is 0.333. The summed E-state index contributed by atoms with van der Waals surface area (Å²) in [7, 11) is 0. The second-order valence-electron chi connectivity index (χ2n) is 6.92. The highest BCUT2D eigenvalue weighted by Crippen LogP contribution is 2.56. The summed E-state index contributed by atoms with van der Waals surface area (Å²) in [5.41, 5.74) is 1.54. The number of carbonyl (C=O) groups is 4. The Morgan fingerprint density at radius 2 is 1.69 bits per heavy atom. The first-order chi connectivity index (χ1) is 12.3. The summed E-state index contributed by atoms with van der Waals surface area (Å²) in [6, 6.07) is 4.90. The summed E-state index contributed by atoms with van der Waals surface area (Å²) < 4.78 is 37.2. The van der Waals surface area contributed by atoms with Crippen molar-refractivity contribution in [1.29, 1.82) is 0 Å². The fourth-order valence-corrected chi connectivity index (χ4v) is 4.48. The molecule has 1 aromatic rings. The van der Waals surface area contributed by atoms with E-state index in [9.17, 15) is 28.0 Å². The summed E-state index contributed by atoms with van der Waals surface area (Å²) >= 11 is 0. The van der Waals surface area contributed by atoms with Crippen molar-refractivity contribution in [3.05, 3.63) is 34.9 Å². The maximum absolute atomic E-state index is 14.0. The van der Waals surface area contributed by atoms with Crippen LogP contribution in [0.25, 0.3) is 0 Å². The van der Waals surface area contributed by atoms with Crippen LogP contribution >= 0.6 is 0 Å². The zero-order chi connectivity index (χ0) is 18.7. The fourth-order valence-electron chi connectivity index (χ4n) is 4.48. The van der Waals surface area contributed by atoms with Gasteiger partial charge in [0.25, 0.3) is 0 Å². The number of esters is 4. The number of hydrogen-bond donors (Lipinski definition) is 0. The van der Waals surface area contributed by atoms with Gasteiger partial charge in [-0.2, -0.15) is 0 Å². The van der Waals surface area contributed by atoms with E-state index < -0.39 is 59.9 Å². The summed E-state index contributed by atoms with van der Waals surface area (Å²) in [5.74, 6) is -9.89. The summed E-state index contributed by atoms with van der Waals surface area (Å²) in [6.07, 6.45) is -3.32. The molecule has 3 aliphatic rings. The maximum atomic E-state index is 14.0. The molecule has 1 aliphatic carbocycles. The average molecular weight is 364 g/mol. The first-order valence-corrected chi connectivity index (χ1v) is 8.18. The van der Waals surface area contributed by atoms with Crippen LogP contribution in [0.2, 0.25) is 0 Å². The summed E-state index contributed by atoms with van der Waals surface area (Å²) in [6.45, 7) is 1.76. The van der Waals surface area contributed by atoms with Crippen LogP contribution in [0.1, 0.15) is 34.9 Å². The quantitative estimate of drug-likeness (QED) is 0.588. The van der Waals surface area contributed by atoms with Gasteiger partial charge in [0.05, 0.1) is 24.2 Å². The molecule has 5 atom stereocenters. The third-order valence-electron chi connectivity index (χ3n) is 5.48. The van der Waals surface area contributed by atoms with Crippen molar-refractivity contribution >= 4 is 23.9 Å². The van der Waals surface area contributed by atoms with E-state index in [2.05, 4.69) is 9.47 Å². The van der Waals surface area contributed by atoms with Crippen LogP contribution in [0, 0.1) is 24.7 Å². The molecule has 5 unspecified atom stereocenters. The summed E-state index contributed by atoms with van der Waals surface area (Å²) in [5, 5.41) is 0. The lowest BCUT2D eigenvalue weighted by molar-refractivity contribution is -0.157. The molecule has 0 bridgehead atoms. The number of alkyl halides is 2. The van der Waals surface area contributed by atoms with Crippen molar-refractivity contribution in [2.75, 3.05) is 0 Å². The number of fused-ring (bicyclic) bond motifs is 3. The van der Waals surface area contributed by atoms with Crippen molar-refractivity contribution < 1.29 is 37.4 Å². The number of benzene rings is 1. The second kappa shape index (κ2) is 5.69. The molecular formula is C18H14F2O6. The first-order valence-electron chi connectivity index (χ1n) is 8.18. The third-order valence-corrected chi connectivity index (χ3v) is 5.48. The number of cyclic esters (lactones) is 4. The molecule has 2 heterocycles. The molecule has 2 aliphatic heterocycles. The van der Waals surface area contributed by atoms with Gasteiger partial charge in [0.1, 0.15) is 0 Å². The Kier molecular flexibility index (Phi) is 3.68. The molecule has 2 saturated heterocycles. The highest BCUT2D eigenvalue weighted by atomic mass is 19.3. The molecule has 1 aromatic carbocycles. The van der Waals surface area contributed by atoms with Gasteiger partial charge in [0.15, 0.2) is 0 Å². The maximum Gasteiger partial charge on any atom is 0.321 e. The van der Waals surface area contributed by atoms with E-state index in [0.29, 0.717) is 11.1 Å². The van der Waals surface area contributed by atoms with Gasteiger partial charge in [-0.05, 0) is 18.1 Å². The van der Waals surface area contributed by atoms with Crippen LogP contribution in [-0.2, 0) is 28.7 Å². The Labute approximate surface area is 146 Å². The normalized spacial score (nSPS) is 33.2. The minimum atomic E-state index is -2.98. The van der Waals surface area contributed by atoms with Gasteiger partial charge >= 0.3 is 23.9 Å². The topological polar surface area (TPSA) is 86.7 Å². The molecule has 6 nitrogen and oxygen atoms in total. The van der Waals surface area contributed by atoms with Gasteiger partial charge in [0, 0.05) is 11.8 Å². The van der Waals surface area contributed by atoms with Gasteiger partial charge in [-0.3, -0.25) is 19.2 Å². The zero-order valence-electron chi connectivity index (χ0n) is 13.6. The lowest BCUT2D eigenvalue weighted by Gasteiger charge is -2.39. The molecule has 0 radical (unpaired) electrons. The standard InChI is InChI=1S/C18H14F2O6/c1-6-2-3-7-8(4-6)12-14(18(24)26-17(12)23)13(15(19)20)11(7)9-5-10(21)25-16(9)22/h2-4,9,11-15H,5H2,1H3. The van der Waals surface area contributed by atoms with Crippen LogP contribution in [0.5, 0.6) is 0 Å². The molecule has 0 saturated carbocycles. The van der Waals surface area contributed by atoms with Crippen LogP contribution in [0.15, 0.2) is 18.2 Å². The molecule has 0 N–H and O–H groups in total. The molecule has 0 spiro atoms. The predicted octanol–water partition coefficient (Wildman–Crippen LogP) is 1.85. The Morgan fingerprint density at radius 3 is 2.31 bits per heavy atom. The Hall–Kier alpha value is -2.64. The Bertz CT molecular complexity index is 848. The van der Waals surface area contributed by atoms with Crippen LogP contribution < -0.4 is 0 Å². The van der Waals surface area contributed by atoms with E-state index in [-0.39, 0.29) is 6.42 Å². The van der Waals surface area contributed by atoms with Gasteiger partial charge in [-0.25, -0.2) is 8.78 Å². The van der Waals surface area contributed by atoms with Gasteiger partial charge in [-0.1, -0.05) is 23.8 Å². The smallest absolute Gasteiger partial charge is 0.321 e. The van der Waals surface area contributed by atoms with Crippen molar-refractivity contribution in [2.45, 2.75) is 31.6 Å². The van der Waals surface area contributed by atoms with Crippen molar-refractivity contribution in [3.63, 3.8) is 0 Å². The fraction of sp³-hybridized carbons (Fsp3) is 0.444. The zero-order valence-corrected chi connectivity index (χ0v) is 13.6. The number of carbonyl (C=O) groups excluding carboxylic acids is 4. The molecule has 2 fully saturated rings. The number of halogens is 2. The van der Waals surface area contributed by atoms with Gasteiger partial charge in [0.2, 0.25) is 6.43 Å². The van der Waals surface area contributed by atoms with Crippen molar-refractivity contribution in [3.8, 4) is 0 Å². The molecule has 136 valence electrons. The van der Waals surface area contributed by atoms with E-state index in [4.69, 9.17) is 0 Å². The number of ether oxygens (including phenoxy) is 2. The number of hydrogen-bond acceptors (Lipinski definition) is 6. The second-order valence-corrected chi connectivity index (χ2v) is 6.92. The van der Waals surface area contributed by atoms with E-state index in [0.717, 1.165) is 5.56 Å². The van der Waals surface area contributed by atoms with Crippen LogP contribution in [-0.4, -0.2) is 30.3 Å². The van der Waals surface area contributed by atoms with Gasteiger partial charge < -0.3 is 9.47 Å². The highest BCUT2D eigenvalue weighted by Gasteiger charge is 2.61. The predicted molar refractivity (Wildman–Crippen MR) is 80.0 cm³/mol. The monoisotopic (exact) mass is 364 g/mol. The SMILES string of the molecule is Cc1ccc2c(c1)C1C(=O)OC(=O)C1C(C(F)F)C2C1CC(=O)OC1=O. The van der Waals surface area contributed by atoms with E-state index in [1.807, 2.05) is 0 Å². The van der Waals surface area contributed by atoms with Crippen molar-refractivity contribution in [1.82, 2.24) is 0 Å². The Balaban J connectivity index is 1.94. The number of rotatable bonds is 2. The molecule has 0 aromatic heterocycles. The van der Waals surface area contributed by atoms with Crippen LogP contribution in [0.4, 0.5) is 8.78 Å². The van der Waals surface area contributed by atoms with Crippen molar-refractivity contribution in [2.24, 2.45) is 17.8 Å². The third kappa shape index (κ3) is 2.28. The van der Waals surface area contributed by atoms with E-state index in [1.54, 1.807) is 25.1 Å². The van der Waals surface area contributed by atoms with E-state index in [1.165, 1.54) is 0 Å². The lowest BCUT2D eigenvalue weighted by atomic mass is 9.60. The molecule has 8 heteroatoms. The highest BCUT2D eigenvalue weighted by molar-refractivity contribution is 6.01. The van der Waals surface area contributed by atoms with Crippen LogP contribution in [0.3, 0.4) is 0 Å². The molecule has 0 amide bonds. The largest absolute Gasteiger partial charge is 0.393 e. The summed E-state index contributed by atoms with van der Waals surface area (Å²) in [4.78, 5) is 48.0. The minimum Gasteiger partial charge on any atom is -0.393 e. The lowest BCUT2D eigenvalue weighted by Crippen LogP contribution is -2.42. The molecule has 4 rings (SSSR count). The molecule has 26 heavy (non-hydrogen) atoms. The van der Waals surface area contributed by atoms with Gasteiger partial charge in [-0.15, -0.1) is 0 Å². The van der Waals surface area contributed by atoms with E-state index >= 15 is 0 Å². The first kappa shape index (κ1) is 16.8. The average Bonchev–Trinajstić information content (AvgIpc) is 3.04. The Morgan fingerprint density at radius 1 is 0.962 bits per heavy atom.